The van der Waals surface area contributed by atoms with Crippen molar-refractivity contribution in [2.75, 3.05) is 19.8 Å². The molecule has 2 aliphatic heterocycles. The number of hydrogen-bond donors (Lipinski definition) is 0. The molecule has 1 fully saturated rings. The number of halogens is 1. The summed E-state index contributed by atoms with van der Waals surface area (Å²) in [5.74, 6) is 0.785. The van der Waals surface area contributed by atoms with Gasteiger partial charge in [0, 0.05) is 19.8 Å². The standard InChI is InChI=1S/C20H26FN4O2S/c1-4-5-6-7-12-28-19-22-17-16(18(26)24(3)20(27)23(17)2)25(19)13-14-8-10-15(21)11-9-14/h8-11,16H,4-7,12-13H2,1-3H3/q+1. The molecule has 1 saturated heterocycles. The minimum absolute atomic E-state index is 0.287. The molecule has 1 aromatic carbocycles. The summed E-state index contributed by atoms with van der Waals surface area (Å²) in [6.45, 7) is 2.60. The molecule has 0 aromatic heterocycles. The Kier molecular flexibility index (Phi) is 6.49. The number of amides is 3. The molecule has 3 rings (SSSR count). The monoisotopic (exact) mass is 405 g/mol. The van der Waals surface area contributed by atoms with Crippen molar-refractivity contribution in [2.24, 2.45) is 4.99 Å². The number of amidine groups is 2. The van der Waals surface area contributed by atoms with Crippen LogP contribution in [-0.4, -0.2) is 63.2 Å². The summed E-state index contributed by atoms with van der Waals surface area (Å²) in [6, 6.07) is 5.24. The number of unbranched alkanes of at least 4 members (excludes halogenated alkanes) is 3. The molecule has 1 aromatic rings. The van der Waals surface area contributed by atoms with E-state index in [1.54, 1.807) is 30.9 Å². The lowest BCUT2D eigenvalue weighted by atomic mass is 10.1. The number of carbonyl (C=O) groups is 2. The lowest BCUT2D eigenvalue weighted by Crippen LogP contribution is -2.61. The van der Waals surface area contributed by atoms with E-state index in [0.717, 1.165) is 34.2 Å². The number of rotatable bonds is 7. The number of thioether (sulfide) groups is 1. The Morgan fingerprint density at radius 1 is 1.11 bits per heavy atom. The summed E-state index contributed by atoms with van der Waals surface area (Å²) < 4.78 is 15.2. The topological polar surface area (TPSA) is 56.0 Å². The van der Waals surface area contributed by atoms with Gasteiger partial charge in [-0.3, -0.25) is 14.6 Å². The molecule has 0 spiro atoms. The van der Waals surface area contributed by atoms with E-state index < -0.39 is 6.04 Å². The number of nitrogens with zero attached hydrogens (tertiary/aromatic N) is 4. The first-order valence-electron chi connectivity index (χ1n) is 9.58. The van der Waals surface area contributed by atoms with Gasteiger partial charge < -0.3 is 0 Å². The van der Waals surface area contributed by atoms with Crippen LogP contribution in [0.1, 0.15) is 38.2 Å². The van der Waals surface area contributed by atoms with Crippen molar-refractivity contribution in [3.63, 3.8) is 0 Å². The lowest BCUT2D eigenvalue weighted by molar-refractivity contribution is -0.548. The number of likely N-dealkylation sites (N-methyl/N-ethyl adjacent to an activating group) is 2. The molecule has 0 bridgehead atoms. The van der Waals surface area contributed by atoms with Gasteiger partial charge in [0.15, 0.2) is 0 Å². The second kappa shape index (κ2) is 8.86. The molecular weight excluding hydrogens is 379 g/mol. The van der Waals surface area contributed by atoms with Crippen molar-refractivity contribution in [3.05, 3.63) is 35.6 Å². The van der Waals surface area contributed by atoms with Gasteiger partial charge in [0.2, 0.25) is 0 Å². The first-order chi connectivity index (χ1) is 13.4. The van der Waals surface area contributed by atoms with Crippen molar-refractivity contribution >= 4 is 34.7 Å². The minimum Gasteiger partial charge on any atom is -0.269 e. The van der Waals surface area contributed by atoms with Crippen LogP contribution in [0.15, 0.2) is 29.3 Å². The molecule has 8 heteroatoms. The van der Waals surface area contributed by atoms with Gasteiger partial charge in [-0.2, -0.15) is 0 Å². The number of imide groups is 1. The molecule has 1 unspecified atom stereocenters. The molecule has 0 saturated carbocycles. The predicted molar refractivity (Wildman–Crippen MR) is 109 cm³/mol. The fraction of sp³-hybridized carbons (Fsp3) is 0.500. The lowest BCUT2D eigenvalue weighted by Gasteiger charge is -2.30. The molecule has 2 aliphatic rings. The quantitative estimate of drug-likeness (QED) is 0.517. The van der Waals surface area contributed by atoms with E-state index in [0.29, 0.717) is 12.4 Å². The molecule has 1 atom stereocenters. The second-order valence-electron chi connectivity index (χ2n) is 7.06. The zero-order chi connectivity index (χ0) is 20.3. The zero-order valence-corrected chi connectivity index (χ0v) is 17.3. The normalized spacial score (nSPS) is 19.4. The fourth-order valence-corrected chi connectivity index (χ4v) is 4.35. The summed E-state index contributed by atoms with van der Waals surface area (Å²) >= 11 is 1.61. The largest absolute Gasteiger partial charge is 0.358 e. The van der Waals surface area contributed by atoms with Gasteiger partial charge in [0.1, 0.15) is 12.4 Å². The van der Waals surface area contributed by atoms with E-state index in [1.165, 1.54) is 36.9 Å². The summed E-state index contributed by atoms with van der Waals surface area (Å²) in [5, 5.41) is 0.740. The van der Waals surface area contributed by atoms with Crippen LogP contribution in [0.3, 0.4) is 0 Å². The Labute approximate surface area is 169 Å². The fourth-order valence-electron chi connectivity index (χ4n) is 3.33. The van der Waals surface area contributed by atoms with E-state index in [4.69, 9.17) is 0 Å². The second-order valence-corrected chi connectivity index (χ2v) is 8.12. The van der Waals surface area contributed by atoms with Gasteiger partial charge in [0.25, 0.3) is 17.8 Å². The molecule has 3 amide bonds. The van der Waals surface area contributed by atoms with Crippen LogP contribution >= 0.6 is 11.8 Å². The van der Waals surface area contributed by atoms with Crippen LogP contribution in [0.4, 0.5) is 9.18 Å². The molecule has 28 heavy (non-hydrogen) atoms. The van der Waals surface area contributed by atoms with Crippen molar-refractivity contribution in [2.45, 2.75) is 45.2 Å². The number of aliphatic imine (C=N–C) groups is 1. The van der Waals surface area contributed by atoms with Crippen molar-refractivity contribution in [1.82, 2.24) is 9.80 Å². The number of hydrogen-bond acceptors (Lipinski definition) is 4. The SMILES string of the molecule is CCCCCCSC1=[N+](Cc2ccc(F)cc2)C2C(=O)N(C)C(=O)N(C)C2=N1. The molecule has 150 valence electrons. The molecular formula is C20H26FN4O2S+. The molecule has 2 heterocycles. The number of fused-ring (bicyclic) bond motifs is 1. The minimum atomic E-state index is -0.629. The van der Waals surface area contributed by atoms with E-state index in [2.05, 4.69) is 11.9 Å². The Morgan fingerprint density at radius 2 is 1.82 bits per heavy atom. The summed E-state index contributed by atoms with van der Waals surface area (Å²) in [4.78, 5) is 32.4. The zero-order valence-electron chi connectivity index (χ0n) is 16.5. The van der Waals surface area contributed by atoms with E-state index in [1.807, 2.05) is 4.58 Å². The first kappa shape index (κ1) is 20.5. The highest BCUT2D eigenvalue weighted by Crippen LogP contribution is 2.25. The van der Waals surface area contributed by atoms with E-state index >= 15 is 0 Å². The highest BCUT2D eigenvalue weighted by Gasteiger charge is 2.53. The third-order valence-corrected chi connectivity index (χ3v) is 6.07. The van der Waals surface area contributed by atoms with Crippen LogP contribution in [0, 0.1) is 5.82 Å². The van der Waals surface area contributed by atoms with Crippen molar-refractivity contribution in [1.29, 1.82) is 0 Å². The van der Waals surface area contributed by atoms with Crippen LogP contribution < -0.4 is 0 Å². The van der Waals surface area contributed by atoms with Crippen LogP contribution in [-0.2, 0) is 11.3 Å². The van der Waals surface area contributed by atoms with Crippen LogP contribution in [0.2, 0.25) is 0 Å². The Bertz CT molecular complexity index is 822. The van der Waals surface area contributed by atoms with Gasteiger partial charge >= 0.3 is 11.2 Å². The number of carbonyl (C=O) groups excluding carboxylic acids is 2. The maximum atomic E-state index is 13.3. The predicted octanol–water partition coefficient (Wildman–Crippen LogP) is 3.31. The van der Waals surface area contributed by atoms with Crippen LogP contribution in [0.5, 0.6) is 0 Å². The average molecular weight is 406 g/mol. The molecule has 0 N–H and O–H groups in total. The maximum absolute atomic E-state index is 13.3. The van der Waals surface area contributed by atoms with Crippen molar-refractivity contribution in [3.8, 4) is 0 Å². The summed E-state index contributed by atoms with van der Waals surface area (Å²) in [7, 11) is 3.13. The number of benzene rings is 1. The third kappa shape index (κ3) is 4.11. The van der Waals surface area contributed by atoms with Gasteiger partial charge in [-0.15, -0.1) is 0 Å². The smallest absolute Gasteiger partial charge is 0.269 e. The molecule has 0 radical (unpaired) electrons. The maximum Gasteiger partial charge on any atom is 0.358 e. The third-order valence-electron chi connectivity index (χ3n) is 4.99. The Hall–Kier alpha value is -2.22. The van der Waals surface area contributed by atoms with Crippen LogP contribution in [0.25, 0.3) is 0 Å². The number of urea groups is 1. The van der Waals surface area contributed by atoms with E-state index in [9.17, 15) is 14.0 Å². The van der Waals surface area contributed by atoms with Gasteiger partial charge in [-0.1, -0.05) is 38.3 Å². The van der Waals surface area contributed by atoms with Gasteiger partial charge in [-0.05, 0) is 40.9 Å². The summed E-state index contributed by atoms with van der Waals surface area (Å²) in [6.07, 6.45) is 4.61. The Morgan fingerprint density at radius 3 is 2.50 bits per heavy atom. The van der Waals surface area contributed by atoms with Gasteiger partial charge in [0.05, 0.1) is 0 Å². The highest BCUT2D eigenvalue weighted by molar-refractivity contribution is 8.13. The first-order valence-corrected chi connectivity index (χ1v) is 10.6. The highest BCUT2D eigenvalue weighted by atomic mass is 32.2. The average Bonchev–Trinajstić information content (AvgIpc) is 3.04. The summed E-state index contributed by atoms with van der Waals surface area (Å²) in [5.41, 5.74) is 0.886. The van der Waals surface area contributed by atoms with Crippen molar-refractivity contribution < 1.29 is 18.6 Å². The van der Waals surface area contributed by atoms with Gasteiger partial charge in [-0.25, -0.2) is 13.8 Å². The van der Waals surface area contributed by atoms with E-state index in [-0.39, 0.29) is 17.8 Å². The molecule has 0 aliphatic carbocycles. The molecule has 6 nitrogen and oxygen atoms in total. The Balaban J connectivity index is 1.87.